The highest BCUT2D eigenvalue weighted by atomic mass is 16.5. The first-order valence-corrected chi connectivity index (χ1v) is 6.56. The lowest BCUT2D eigenvalue weighted by molar-refractivity contribution is 0.273. The van der Waals surface area contributed by atoms with Crippen LogP contribution in [0.1, 0.15) is 5.56 Å². The Kier molecular flexibility index (Phi) is 4.27. The van der Waals surface area contributed by atoms with E-state index in [0.717, 1.165) is 4.57 Å². The Labute approximate surface area is 126 Å². The highest BCUT2D eigenvalue weighted by Gasteiger charge is 2.20. The first-order valence-electron chi connectivity index (χ1n) is 6.56. The zero-order valence-electron chi connectivity index (χ0n) is 12.2. The van der Waals surface area contributed by atoms with E-state index in [2.05, 4.69) is 0 Å². The normalized spacial score (nSPS) is 10.7. The molecule has 0 fully saturated rings. The molecular formula is C15H17NO6. The maximum Gasteiger partial charge on any atom is 0.297 e. The number of aliphatic hydroxyl groups excluding tert-OH is 1. The van der Waals surface area contributed by atoms with Crippen molar-refractivity contribution in [1.82, 2.24) is 4.57 Å². The van der Waals surface area contributed by atoms with E-state index < -0.39 is 17.1 Å². The first-order chi connectivity index (χ1) is 10.4. The second kappa shape index (κ2) is 5.98. The summed E-state index contributed by atoms with van der Waals surface area (Å²) in [7, 11) is 1.39. The molecule has 2 aromatic rings. The number of phenols is 1. The van der Waals surface area contributed by atoms with Gasteiger partial charge in [0.25, 0.3) is 5.56 Å². The molecule has 0 saturated carbocycles. The van der Waals surface area contributed by atoms with Gasteiger partial charge in [0.05, 0.1) is 19.4 Å². The highest BCUT2D eigenvalue weighted by Crippen LogP contribution is 2.36. The lowest BCUT2D eigenvalue weighted by atomic mass is 10.0. The quantitative estimate of drug-likeness (QED) is 0.669. The summed E-state index contributed by atoms with van der Waals surface area (Å²) in [5, 5.41) is 38.4. The number of hydrogen-bond donors (Lipinski definition) is 4. The maximum atomic E-state index is 12.1. The zero-order chi connectivity index (χ0) is 16.4. The molecule has 0 saturated heterocycles. The van der Waals surface area contributed by atoms with Gasteiger partial charge in [0, 0.05) is 17.7 Å². The molecule has 0 amide bonds. The predicted octanol–water partition coefficient (Wildman–Crippen LogP) is 0.941. The van der Waals surface area contributed by atoms with Crippen molar-refractivity contribution in [1.29, 1.82) is 0 Å². The molecule has 7 heteroatoms. The third kappa shape index (κ3) is 2.46. The number of aromatic hydroxyl groups is 3. The molecule has 0 aliphatic rings. The molecule has 0 spiro atoms. The predicted molar refractivity (Wildman–Crippen MR) is 79.5 cm³/mol. The fourth-order valence-corrected chi connectivity index (χ4v) is 2.33. The van der Waals surface area contributed by atoms with Crippen LogP contribution in [-0.2, 0) is 6.54 Å². The summed E-state index contributed by atoms with van der Waals surface area (Å²) in [4.78, 5) is 12.1. The van der Waals surface area contributed by atoms with Gasteiger partial charge >= 0.3 is 0 Å². The average molecular weight is 307 g/mol. The number of methoxy groups -OCH3 is 1. The van der Waals surface area contributed by atoms with E-state index in [-0.39, 0.29) is 30.2 Å². The van der Waals surface area contributed by atoms with E-state index in [9.17, 15) is 20.1 Å². The van der Waals surface area contributed by atoms with Gasteiger partial charge in [-0.2, -0.15) is 0 Å². The number of aromatic nitrogens is 1. The van der Waals surface area contributed by atoms with E-state index in [4.69, 9.17) is 9.84 Å². The molecule has 4 N–H and O–H groups in total. The van der Waals surface area contributed by atoms with Crippen LogP contribution in [0.25, 0.3) is 11.3 Å². The largest absolute Gasteiger partial charge is 0.504 e. The summed E-state index contributed by atoms with van der Waals surface area (Å²) in [6.07, 6.45) is 0. The average Bonchev–Trinajstić information content (AvgIpc) is 2.52. The molecule has 1 aromatic heterocycles. The van der Waals surface area contributed by atoms with Gasteiger partial charge in [-0.1, -0.05) is 0 Å². The van der Waals surface area contributed by atoms with E-state index in [1.54, 1.807) is 6.07 Å². The van der Waals surface area contributed by atoms with E-state index in [1.165, 1.54) is 26.2 Å². The number of pyridine rings is 1. The van der Waals surface area contributed by atoms with Crippen LogP contribution in [0.2, 0.25) is 0 Å². The van der Waals surface area contributed by atoms with Crippen LogP contribution in [0.15, 0.2) is 23.0 Å². The van der Waals surface area contributed by atoms with Crippen molar-refractivity contribution in [2.45, 2.75) is 13.5 Å². The molecule has 0 aliphatic carbocycles. The van der Waals surface area contributed by atoms with Crippen LogP contribution in [0.3, 0.4) is 0 Å². The summed E-state index contributed by atoms with van der Waals surface area (Å²) in [6, 6.07) is 4.44. The molecule has 118 valence electrons. The van der Waals surface area contributed by atoms with Gasteiger partial charge in [0.1, 0.15) is 0 Å². The second-order valence-corrected chi connectivity index (χ2v) is 4.74. The van der Waals surface area contributed by atoms with Crippen molar-refractivity contribution in [3.8, 4) is 34.3 Å². The fraction of sp³-hybridized carbons (Fsp3) is 0.267. The van der Waals surface area contributed by atoms with Crippen molar-refractivity contribution < 1.29 is 25.2 Å². The molecule has 2 rings (SSSR count). The van der Waals surface area contributed by atoms with Crippen molar-refractivity contribution in [3.63, 3.8) is 0 Å². The summed E-state index contributed by atoms with van der Waals surface area (Å²) < 4.78 is 6.20. The van der Waals surface area contributed by atoms with E-state index in [1.807, 2.05) is 0 Å². The van der Waals surface area contributed by atoms with Crippen molar-refractivity contribution in [3.05, 3.63) is 34.1 Å². The van der Waals surface area contributed by atoms with Gasteiger partial charge < -0.3 is 29.7 Å². The lowest BCUT2D eigenvalue weighted by Gasteiger charge is -2.17. The van der Waals surface area contributed by atoms with Gasteiger partial charge in [0.15, 0.2) is 17.2 Å². The van der Waals surface area contributed by atoms with Crippen LogP contribution >= 0.6 is 0 Å². The monoisotopic (exact) mass is 307 g/mol. The molecule has 0 aliphatic heterocycles. The van der Waals surface area contributed by atoms with Crippen molar-refractivity contribution >= 4 is 0 Å². The van der Waals surface area contributed by atoms with Crippen LogP contribution < -0.4 is 10.3 Å². The third-order valence-corrected chi connectivity index (χ3v) is 3.43. The molecule has 22 heavy (non-hydrogen) atoms. The minimum Gasteiger partial charge on any atom is -0.504 e. The SMILES string of the molecule is COc1cc(-c2c(C)c(O)c(O)c(=O)n2CCO)ccc1O. The number of nitrogens with zero attached hydrogens (tertiary/aromatic N) is 1. The Balaban J connectivity index is 2.81. The number of benzene rings is 1. The van der Waals surface area contributed by atoms with E-state index >= 15 is 0 Å². The Hall–Kier alpha value is -2.67. The summed E-state index contributed by atoms with van der Waals surface area (Å²) in [6.45, 7) is 1.18. The Morgan fingerprint density at radius 3 is 2.45 bits per heavy atom. The molecule has 7 nitrogen and oxygen atoms in total. The molecule has 0 radical (unpaired) electrons. The van der Waals surface area contributed by atoms with Crippen LogP contribution in [0, 0.1) is 6.92 Å². The van der Waals surface area contributed by atoms with Crippen LogP contribution in [0.5, 0.6) is 23.0 Å². The molecule has 1 heterocycles. The minimum absolute atomic E-state index is 0.0496. The maximum absolute atomic E-state index is 12.1. The standard InChI is InChI=1S/C15H17NO6/c1-8-12(9-3-4-10(18)11(7-9)22-2)16(5-6-17)15(21)14(20)13(8)19/h3-4,7,17-20H,5-6H2,1-2H3. The van der Waals surface area contributed by atoms with Crippen molar-refractivity contribution in [2.24, 2.45) is 0 Å². The van der Waals surface area contributed by atoms with Gasteiger partial charge in [-0.15, -0.1) is 0 Å². The third-order valence-electron chi connectivity index (χ3n) is 3.43. The smallest absolute Gasteiger partial charge is 0.297 e. The number of aliphatic hydroxyl groups is 1. The Morgan fingerprint density at radius 1 is 1.18 bits per heavy atom. The van der Waals surface area contributed by atoms with Gasteiger partial charge in [-0.3, -0.25) is 4.79 Å². The fourth-order valence-electron chi connectivity index (χ4n) is 2.33. The molecular weight excluding hydrogens is 290 g/mol. The van der Waals surface area contributed by atoms with Crippen molar-refractivity contribution in [2.75, 3.05) is 13.7 Å². The molecule has 0 unspecified atom stereocenters. The number of ether oxygens (including phenoxy) is 1. The minimum atomic E-state index is -0.806. The topological polar surface area (TPSA) is 112 Å². The summed E-state index contributed by atoms with van der Waals surface area (Å²) >= 11 is 0. The van der Waals surface area contributed by atoms with Gasteiger partial charge in [0.2, 0.25) is 5.75 Å². The van der Waals surface area contributed by atoms with Gasteiger partial charge in [-0.05, 0) is 25.1 Å². The van der Waals surface area contributed by atoms with Gasteiger partial charge in [-0.25, -0.2) is 0 Å². The first kappa shape index (κ1) is 15.7. The van der Waals surface area contributed by atoms with E-state index in [0.29, 0.717) is 11.3 Å². The Morgan fingerprint density at radius 2 is 1.86 bits per heavy atom. The van der Waals surface area contributed by atoms with Crippen LogP contribution in [-0.4, -0.2) is 38.7 Å². The highest BCUT2D eigenvalue weighted by molar-refractivity contribution is 5.70. The Bertz CT molecular complexity index is 766. The summed E-state index contributed by atoms with van der Waals surface area (Å²) in [5.74, 6) is -1.14. The molecule has 0 bridgehead atoms. The number of phenolic OH excluding ortho intramolecular Hbond substituents is 1. The van der Waals surface area contributed by atoms with Crippen LogP contribution in [0.4, 0.5) is 0 Å². The zero-order valence-corrected chi connectivity index (χ0v) is 12.2. The summed E-state index contributed by atoms with van der Waals surface area (Å²) in [5.41, 5.74) is 0.290. The second-order valence-electron chi connectivity index (χ2n) is 4.74. The molecule has 1 aromatic carbocycles. The number of rotatable bonds is 4. The number of hydrogen-bond acceptors (Lipinski definition) is 6. The lowest BCUT2D eigenvalue weighted by Crippen LogP contribution is -2.24. The molecule has 0 atom stereocenters.